The number of halogens is 4. The Morgan fingerprint density at radius 3 is 2.65 bits per heavy atom. The molecule has 1 unspecified atom stereocenters. The summed E-state index contributed by atoms with van der Waals surface area (Å²) in [5, 5.41) is 6.19. The van der Waals surface area contributed by atoms with Crippen molar-refractivity contribution in [2.24, 2.45) is 0 Å². The van der Waals surface area contributed by atoms with E-state index in [-0.39, 0.29) is 30.7 Å². The fourth-order valence-corrected chi connectivity index (χ4v) is 3.69. The van der Waals surface area contributed by atoms with Crippen molar-refractivity contribution in [1.82, 2.24) is 15.6 Å². The lowest BCUT2D eigenvalue weighted by atomic mass is 10.1. The molecule has 1 saturated heterocycles. The molecule has 0 bridgehead atoms. The van der Waals surface area contributed by atoms with E-state index >= 15 is 0 Å². The predicted molar refractivity (Wildman–Crippen MR) is 105 cm³/mol. The number of hydrogen-bond acceptors (Lipinski definition) is 4. The lowest BCUT2D eigenvalue weighted by Gasteiger charge is -2.10. The molecule has 3 rings (SSSR count). The van der Waals surface area contributed by atoms with E-state index < -0.39 is 24.9 Å². The van der Waals surface area contributed by atoms with Gasteiger partial charge in [-0.25, -0.2) is 13.8 Å². The average Bonchev–Trinajstić information content (AvgIpc) is 3.10. The highest BCUT2D eigenvalue weighted by atomic mass is 35.5. The maximum absolute atomic E-state index is 13.1. The first kappa shape index (κ1) is 22.8. The second kappa shape index (κ2) is 9.60. The van der Waals surface area contributed by atoms with E-state index in [0.717, 1.165) is 21.1 Å². The zero-order valence-electron chi connectivity index (χ0n) is 14.1. The Hall–Kier alpha value is -1.28. The summed E-state index contributed by atoms with van der Waals surface area (Å²) in [5.74, 6) is -3.16. The summed E-state index contributed by atoms with van der Waals surface area (Å²) in [7, 11) is 0. The molecule has 0 aliphatic carbocycles. The highest BCUT2D eigenvalue weighted by Crippen LogP contribution is 2.27. The van der Waals surface area contributed by atoms with Crippen LogP contribution in [0.15, 0.2) is 30.3 Å². The Morgan fingerprint density at radius 2 is 2.04 bits per heavy atom. The van der Waals surface area contributed by atoms with Crippen LogP contribution in [0, 0.1) is 6.92 Å². The zero-order chi connectivity index (χ0) is 17.2. The van der Waals surface area contributed by atoms with Crippen LogP contribution in [0.3, 0.4) is 0 Å². The molecule has 1 fully saturated rings. The minimum Gasteiger partial charge on any atom is -0.354 e. The molecular formula is C17H21Cl2F2N3OS. The van der Waals surface area contributed by atoms with Crippen molar-refractivity contribution in [3.63, 3.8) is 0 Å². The highest BCUT2D eigenvalue weighted by Gasteiger charge is 2.42. The van der Waals surface area contributed by atoms with Gasteiger partial charge in [-0.05, 0) is 6.92 Å². The Kier molecular flexibility index (Phi) is 8.40. The number of thiazole rings is 1. The molecule has 4 nitrogen and oxygen atoms in total. The lowest BCUT2D eigenvalue weighted by Crippen LogP contribution is -2.41. The van der Waals surface area contributed by atoms with E-state index in [9.17, 15) is 13.6 Å². The molecule has 26 heavy (non-hydrogen) atoms. The molecule has 1 aromatic heterocycles. The third-order valence-corrected chi connectivity index (χ3v) is 4.98. The molecule has 2 N–H and O–H groups in total. The van der Waals surface area contributed by atoms with Gasteiger partial charge in [0, 0.05) is 29.8 Å². The van der Waals surface area contributed by atoms with Crippen LogP contribution >= 0.6 is 36.2 Å². The number of aryl methyl sites for hydroxylation is 1. The van der Waals surface area contributed by atoms with Crippen LogP contribution in [-0.2, 0) is 11.2 Å². The quantitative estimate of drug-likeness (QED) is 0.771. The Balaban J connectivity index is 0.00000169. The van der Waals surface area contributed by atoms with E-state index in [4.69, 9.17) is 0 Å². The van der Waals surface area contributed by atoms with E-state index in [2.05, 4.69) is 15.6 Å². The molecule has 1 atom stereocenters. The van der Waals surface area contributed by atoms with Crippen LogP contribution in [-0.4, -0.2) is 35.9 Å². The number of hydrogen-bond donors (Lipinski definition) is 2. The van der Waals surface area contributed by atoms with Gasteiger partial charge in [0.15, 0.2) is 0 Å². The van der Waals surface area contributed by atoms with Crippen LogP contribution in [0.5, 0.6) is 0 Å². The Labute approximate surface area is 167 Å². The highest BCUT2D eigenvalue weighted by molar-refractivity contribution is 7.12. The molecule has 144 valence electrons. The predicted octanol–water partition coefficient (Wildman–Crippen LogP) is 3.62. The first-order valence-electron chi connectivity index (χ1n) is 7.85. The van der Waals surface area contributed by atoms with Crippen LogP contribution < -0.4 is 10.6 Å². The molecule has 1 aliphatic rings. The first-order valence-corrected chi connectivity index (χ1v) is 8.67. The second-order valence-corrected chi connectivity index (χ2v) is 7.20. The number of amides is 1. The first-order chi connectivity index (χ1) is 11.4. The van der Waals surface area contributed by atoms with Gasteiger partial charge in [-0.3, -0.25) is 10.1 Å². The number of nitrogens with one attached hydrogen (secondary N) is 2. The van der Waals surface area contributed by atoms with Crippen molar-refractivity contribution in [3.05, 3.63) is 40.2 Å². The van der Waals surface area contributed by atoms with Crippen molar-refractivity contribution in [3.8, 4) is 11.3 Å². The third-order valence-electron chi connectivity index (χ3n) is 3.95. The third kappa shape index (κ3) is 5.61. The Bertz CT molecular complexity index is 728. The minimum atomic E-state index is -2.79. The van der Waals surface area contributed by atoms with Gasteiger partial charge in [0.05, 0.1) is 23.3 Å². The van der Waals surface area contributed by atoms with E-state index in [0.29, 0.717) is 13.0 Å². The molecule has 1 amide bonds. The molecule has 1 aliphatic heterocycles. The van der Waals surface area contributed by atoms with Gasteiger partial charge in [-0.2, -0.15) is 0 Å². The summed E-state index contributed by atoms with van der Waals surface area (Å²) in [4.78, 5) is 17.6. The standard InChI is InChI=1S/C17H19F2N3OS.2ClH/c1-11-15(12-5-3-2-4-6-12)22-14(24-11)7-8-20-16(23)13-9-17(18,19)10-21-13;;/h2-6,13,21H,7-10H2,1H3,(H,20,23);2*1H. The van der Waals surface area contributed by atoms with Crippen molar-refractivity contribution in [2.75, 3.05) is 13.1 Å². The van der Waals surface area contributed by atoms with E-state index in [1.165, 1.54) is 0 Å². The number of carbonyl (C=O) groups excluding carboxylic acids is 1. The molecule has 0 saturated carbocycles. The van der Waals surface area contributed by atoms with Crippen molar-refractivity contribution in [2.45, 2.75) is 31.7 Å². The SMILES string of the molecule is Cc1sc(CCNC(=O)C2CC(F)(F)CN2)nc1-c1ccccc1.Cl.Cl. The smallest absolute Gasteiger partial charge is 0.262 e. The number of carbonyl (C=O) groups is 1. The van der Waals surface area contributed by atoms with Gasteiger partial charge in [-0.15, -0.1) is 36.2 Å². The van der Waals surface area contributed by atoms with Gasteiger partial charge in [-0.1, -0.05) is 30.3 Å². The molecular weight excluding hydrogens is 403 g/mol. The Morgan fingerprint density at radius 1 is 1.35 bits per heavy atom. The van der Waals surface area contributed by atoms with Crippen LogP contribution in [0.25, 0.3) is 11.3 Å². The van der Waals surface area contributed by atoms with Gasteiger partial charge in [0.25, 0.3) is 5.92 Å². The van der Waals surface area contributed by atoms with E-state index in [1.807, 2.05) is 37.3 Å². The van der Waals surface area contributed by atoms with Crippen LogP contribution in [0.2, 0.25) is 0 Å². The summed E-state index contributed by atoms with van der Waals surface area (Å²) in [6.45, 7) is 1.98. The summed E-state index contributed by atoms with van der Waals surface area (Å²) in [6.07, 6.45) is 0.153. The molecule has 2 heterocycles. The summed E-state index contributed by atoms with van der Waals surface area (Å²) in [6, 6.07) is 9.12. The maximum atomic E-state index is 13.1. The molecule has 0 radical (unpaired) electrons. The summed E-state index contributed by atoms with van der Waals surface area (Å²) in [5.41, 5.74) is 2.03. The molecule has 2 aromatic rings. The van der Waals surface area contributed by atoms with Crippen molar-refractivity contribution in [1.29, 1.82) is 0 Å². The van der Waals surface area contributed by atoms with Gasteiger partial charge in [0.1, 0.15) is 0 Å². The lowest BCUT2D eigenvalue weighted by molar-refractivity contribution is -0.123. The minimum absolute atomic E-state index is 0. The fraction of sp³-hybridized carbons (Fsp3) is 0.412. The topological polar surface area (TPSA) is 54.0 Å². The van der Waals surface area contributed by atoms with Crippen LogP contribution in [0.1, 0.15) is 16.3 Å². The molecule has 1 aromatic carbocycles. The zero-order valence-corrected chi connectivity index (χ0v) is 16.6. The van der Waals surface area contributed by atoms with Crippen LogP contribution in [0.4, 0.5) is 8.78 Å². The monoisotopic (exact) mass is 423 g/mol. The van der Waals surface area contributed by atoms with E-state index in [1.54, 1.807) is 11.3 Å². The number of aromatic nitrogens is 1. The maximum Gasteiger partial charge on any atom is 0.262 e. The summed E-state index contributed by atoms with van der Waals surface area (Å²) < 4.78 is 26.2. The largest absolute Gasteiger partial charge is 0.354 e. The number of nitrogens with zero attached hydrogens (tertiary/aromatic N) is 1. The van der Waals surface area contributed by atoms with Gasteiger partial charge in [0.2, 0.25) is 5.91 Å². The van der Waals surface area contributed by atoms with Crippen molar-refractivity contribution < 1.29 is 13.6 Å². The number of rotatable bonds is 5. The van der Waals surface area contributed by atoms with Crippen molar-refractivity contribution >= 4 is 42.1 Å². The number of alkyl halides is 2. The average molecular weight is 424 g/mol. The second-order valence-electron chi connectivity index (χ2n) is 5.91. The normalized spacial score (nSPS) is 17.9. The fourth-order valence-electron chi connectivity index (χ4n) is 2.74. The van der Waals surface area contributed by atoms with Gasteiger partial charge >= 0.3 is 0 Å². The summed E-state index contributed by atoms with van der Waals surface area (Å²) >= 11 is 1.59. The number of benzene rings is 1. The van der Waals surface area contributed by atoms with Gasteiger partial charge < -0.3 is 5.32 Å². The molecule has 9 heteroatoms. The molecule has 0 spiro atoms.